The smallest absolute Gasteiger partial charge is 0.287 e. The number of carbonyl (C=O) groups is 1. The molecular weight excluding hydrogens is 510 g/mol. The molecule has 1 N–H and O–H groups in total. The summed E-state index contributed by atoms with van der Waals surface area (Å²) in [7, 11) is 0. The standard InChI is InChI=1S/C30H29N5O3S/c1-17-8-11-20(12-9-17)15-34-23-7-5-4-6-21(23)26(30(34)38)32-33-27(36)19(3)35-16-31-28-25(29(35)37)22-13-10-18(2)14-24(22)39-28/h4-9,11-12,16,18-19,38H,10,13-15H2,1-3H3/t18-,19+/m1/s1. The van der Waals surface area contributed by atoms with E-state index >= 15 is 0 Å². The van der Waals surface area contributed by atoms with Crippen molar-refractivity contribution >= 4 is 44.1 Å². The van der Waals surface area contributed by atoms with Crippen LogP contribution in [0.2, 0.25) is 0 Å². The maximum atomic E-state index is 13.5. The maximum absolute atomic E-state index is 13.5. The molecule has 0 saturated carbocycles. The van der Waals surface area contributed by atoms with Gasteiger partial charge in [0.05, 0.1) is 23.8 Å². The van der Waals surface area contributed by atoms with Crippen LogP contribution in [0, 0.1) is 12.8 Å². The van der Waals surface area contributed by atoms with Crippen molar-refractivity contribution in [1.29, 1.82) is 0 Å². The lowest BCUT2D eigenvalue weighted by Gasteiger charge is -2.17. The molecule has 1 amide bonds. The van der Waals surface area contributed by atoms with E-state index in [0.717, 1.165) is 46.3 Å². The van der Waals surface area contributed by atoms with Gasteiger partial charge in [0.25, 0.3) is 11.5 Å². The van der Waals surface area contributed by atoms with Gasteiger partial charge in [0, 0.05) is 10.3 Å². The van der Waals surface area contributed by atoms with E-state index in [-0.39, 0.29) is 17.1 Å². The summed E-state index contributed by atoms with van der Waals surface area (Å²) in [6.45, 7) is 6.32. The number of hydrogen-bond donors (Lipinski definition) is 1. The van der Waals surface area contributed by atoms with Gasteiger partial charge in [0.1, 0.15) is 10.9 Å². The number of thiophene rings is 1. The number of aryl methyl sites for hydroxylation is 2. The summed E-state index contributed by atoms with van der Waals surface area (Å²) < 4.78 is 3.10. The molecule has 2 aromatic carbocycles. The average molecular weight is 540 g/mol. The Balaban J connectivity index is 1.32. The van der Waals surface area contributed by atoms with Gasteiger partial charge in [-0.2, -0.15) is 0 Å². The van der Waals surface area contributed by atoms with Crippen LogP contribution < -0.4 is 5.56 Å². The summed E-state index contributed by atoms with van der Waals surface area (Å²) in [5.41, 5.74) is 4.04. The molecule has 1 aliphatic carbocycles. The zero-order valence-electron chi connectivity index (χ0n) is 22.1. The monoisotopic (exact) mass is 539 g/mol. The Labute approximate surface area is 229 Å². The lowest BCUT2D eigenvalue weighted by atomic mass is 9.89. The van der Waals surface area contributed by atoms with Crippen LogP contribution in [0.5, 0.6) is 5.88 Å². The van der Waals surface area contributed by atoms with Gasteiger partial charge >= 0.3 is 0 Å². The molecule has 3 aromatic heterocycles. The molecule has 198 valence electrons. The summed E-state index contributed by atoms with van der Waals surface area (Å²) in [6.07, 6.45) is 4.28. The minimum atomic E-state index is -0.890. The van der Waals surface area contributed by atoms with Gasteiger partial charge in [-0.25, -0.2) is 4.98 Å². The third kappa shape index (κ3) is 4.46. The molecule has 0 spiro atoms. The Morgan fingerprint density at radius 1 is 1.21 bits per heavy atom. The topological polar surface area (TPSA) is 102 Å². The fourth-order valence-corrected chi connectivity index (χ4v) is 6.67. The van der Waals surface area contributed by atoms with Crippen molar-refractivity contribution in [3.05, 3.63) is 86.8 Å². The molecule has 0 aliphatic heterocycles. The number of nitrogens with zero attached hydrogens (tertiary/aromatic N) is 5. The van der Waals surface area contributed by atoms with Gasteiger partial charge in [0.15, 0.2) is 5.69 Å². The second-order valence-corrected chi connectivity index (χ2v) is 11.5. The predicted octanol–water partition coefficient (Wildman–Crippen LogP) is 6.47. The molecule has 6 rings (SSSR count). The van der Waals surface area contributed by atoms with Crippen LogP contribution in [0.3, 0.4) is 0 Å². The van der Waals surface area contributed by atoms with Gasteiger partial charge in [0.2, 0.25) is 5.88 Å². The first-order valence-corrected chi connectivity index (χ1v) is 14.0. The van der Waals surface area contributed by atoms with Crippen molar-refractivity contribution in [3.63, 3.8) is 0 Å². The average Bonchev–Trinajstić information content (AvgIpc) is 3.43. The zero-order valence-corrected chi connectivity index (χ0v) is 22.9. The van der Waals surface area contributed by atoms with Crippen molar-refractivity contribution in [1.82, 2.24) is 14.1 Å². The highest BCUT2D eigenvalue weighted by Crippen LogP contribution is 2.39. The molecule has 0 bridgehead atoms. The SMILES string of the molecule is Cc1ccc(Cn2c(O)c(N=NC(=O)[C@H](C)n3cnc4sc5c(c4c3=O)CC[C@@H](C)C5)c3ccccc32)cc1. The second-order valence-electron chi connectivity index (χ2n) is 10.5. The number of carbonyl (C=O) groups excluding carboxylic acids is 1. The van der Waals surface area contributed by atoms with Crippen molar-refractivity contribution < 1.29 is 9.90 Å². The van der Waals surface area contributed by atoms with Crippen LogP contribution in [0.25, 0.3) is 21.1 Å². The number of rotatable bonds is 5. The van der Waals surface area contributed by atoms with E-state index in [1.807, 2.05) is 55.5 Å². The van der Waals surface area contributed by atoms with Gasteiger partial charge in [-0.05, 0) is 56.2 Å². The summed E-state index contributed by atoms with van der Waals surface area (Å²) in [6, 6.07) is 14.7. The molecule has 8 nitrogen and oxygen atoms in total. The molecule has 0 unspecified atom stereocenters. The summed E-state index contributed by atoms with van der Waals surface area (Å²) >= 11 is 1.58. The van der Waals surface area contributed by atoms with Gasteiger partial charge in [-0.3, -0.25) is 14.2 Å². The van der Waals surface area contributed by atoms with E-state index in [1.54, 1.807) is 22.8 Å². The predicted molar refractivity (Wildman–Crippen MR) is 153 cm³/mol. The van der Waals surface area contributed by atoms with Crippen LogP contribution in [0.4, 0.5) is 5.69 Å². The molecule has 0 fully saturated rings. The Hall–Kier alpha value is -4.11. The molecular formula is C30H29N5O3S. The first-order valence-electron chi connectivity index (χ1n) is 13.1. The largest absolute Gasteiger partial charge is 0.493 e. The number of fused-ring (bicyclic) bond motifs is 4. The molecule has 0 radical (unpaired) electrons. The van der Waals surface area contributed by atoms with Crippen LogP contribution in [-0.2, 0) is 24.2 Å². The number of hydrogen-bond acceptors (Lipinski definition) is 6. The van der Waals surface area contributed by atoms with E-state index in [1.165, 1.54) is 15.8 Å². The summed E-state index contributed by atoms with van der Waals surface area (Å²) in [4.78, 5) is 33.0. The summed E-state index contributed by atoms with van der Waals surface area (Å²) in [5.74, 6) is -0.0703. The second kappa shape index (κ2) is 9.89. The number of benzene rings is 2. The van der Waals surface area contributed by atoms with Gasteiger partial charge in [-0.15, -0.1) is 21.6 Å². The van der Waals surface area contributed by atoms with E-state index < -0.39 is 11.9 Å². The van der Waals surface area contributed by atoms with E-state index in [4.69, 9.17) is 0 Å². The number of azo groups is 1. The Bertz CT molecular complexity index is 1810. The lowest BCUT2D eigenvalue weighted by Crippen LogP contribution is -2.28. The summed E-state index contributed by atoms with van der Waals surface area (Å²) in [5, 5.41) is 20.5. The van der Waals surface area contributed by atoms with Crippen LogP contribution >= 0.6 is 11.3 Å². The molecule has 2 atom stereocenters. The quantitative estimate of drug-likeness (QED) is 0.259. The number of amides is 1. The van der Waals surface area contributed by atoms with Gasteiger partial charge in [-0.1, -0.05) is 55.0 Å². The first-order chi connectivity index (χ1) is 18.8. The molecule has 39 heavy (non-hydrogen) atoms. The van der Waals surface area contributed by atoms with E-state index in [9.17, 15) is 14.7 Å². The minimum absolute atomic E-state index is 0.0691. The Kier molecular flexibility index (Phi) is 6.38. The number of aromatic nitrogens is 3. The highest BCUT2D eigenvalue weighted by molar-refractivity contribution is 7.18. The number of aromatic hydroxyl groups is 1. The van der Waals surface area contributed by atoms with Crippen molar-refractivity contribution in [2.24, 2.45) is 16.1 Å². The molecule has 1 aliphatic rings. The normalized spacial score (nSPS) is 16.2. The highest BCUT2D eigenvalue weighted by atomic mass is 32.1. The lowest BCUT2D eigenvalue weighted by molar-refractivity contribution is -0.121. The highest BCUT2D eigenvalue weighted by Gasteiger charge is 2.25. The molecule has 3 heterocycles. The fourth-order valence-electron chi connectivity index (χ4n) is 5.33. The minimum Gasteiger partial charge on any atom is -0.493 e. The third-order valence-electron chi connectivity index (χ3n) is 7.64. The number of para-hydroxylation sites is 1. The van der Waals surface area contributed by atoms with Crippen molar-refractivity contribution in [3.8, 4) is 5.88 Å². The Morgan fingerprint density at radius 2 is 1.97 bits per heavy atom. The van der Waals surface area contributed by atoms with Crippen molar-refractivity contribution in [2.45, 2.75) is 52.6 Å². The van der Waals surface area contributed by atoms with Crippen LogP contribution in [0.15, 0.2) is 69.9 Å². The van der Waals surface area contributed by atoms with Crippen LogP contribution in [-0.4, -0.2) is 25.1 Å². The molecule has 0 saturated heterocycles. The maximum Gasteiger partial charge on any atom is 0.287 e. The van der Waals surface area contributed by atoms with E-state index in [0.29, 0.717) is 23.2 Å². The van der Waals surface area contributed by atoms with Gasteiger partial charge < -0.3 is 9.67 Å². The van der Waals surface area contributed by atoms with Crippen LogP contribution in [0.1, 0.15) is 47.9 Å². The molecule has 9 heteroatoms. The fraction of sp³-hybridized carbons (Fsp3) is 0.300. The van der Waals surface area contributed by atoms with Crippen molar-refractivity contribution in [2.75, 3.05) is 0 Å². The first kappa shape index (κ1) is 25.2. The molecule has 5 aromatic rings. The van der Waals surface area contributed by atoms with E-state index in [2.05, 4.69) is 22.1 Å². The Morgan fingerprint density at radius 3 is 2.77 bits per heavy atom. The third-order valence-corrected chi connectivity index (χ3v) is 8.81. The zero-order chi connectivity index (χ0) is 27.3.